The first-order chi connectivity index (χ1) is 40.4. The Hall–Kier alpha value is -3.30. The highest BCUT2D eigenvalue weighted by Gasteiger charge is 2.50. The minimum absolute atomic E-state index is 0.0192. The van der Waals surface area contributed by atoms with Gasteiger partial charge in [-0.1, -0.05) is 94.9 Å². The largest absolute Gasteiger partial charge is 0.349 e. The average molecular weight is 1240 g/mol. The molecule has 15 nitrogen and oxygen atoms in total. The van der Waals surface area contributed by atoms with Gasteiger partial charge in [0.05, 0.1) is 0 Å². The maximum Gasteiger partial charge on any atom is 0.232 e. The van der Waals surface area contributed by atoms with E-state index in [4.69, 9.17) is 29.9 Å². The second-order valence-corrected chi connectivity index (χ2v) is 38.9. The van der Waals surface area contributed by atoms with Gasteiger partial charge in [-0.05, 0) is 250 Å². The van der Waals surface area contributed by atoms with E-state index in [0.717, 1.165) is 166 Å². The number of nitrogens with zero attached hydrogens (tertiary/aromatic N) is 13. The monoisotopic (exact) mass is 1240 g/mol. The third-order valence-electron chi connectivity index (χ3n) is 22.3. The molecule has 1 aliphatic carbocycles. The first-order valence-electron chi connectivity index (χ1n) is 35.8. The van der Waals surface area contributed by atoms with E-state index in [1.54, 1.807) is 0 Å². The summed E-state index contributed by atoms with van der Waals surface area (Å²) in [5, 5.41) is 7.98. The van der Waals surface area contributed by atoms with Crippen molar-refractivity contribution in [3.8, 4) is 0 Å². The van der Waals surface area contributed by atoms with Gasteiger partial charge in [0.2, 0.25) is 35.7 Å². The standard InChI is InChI=1S/C74H139N15/c1-63(2,3)50-67(11,12)81-57-75-59-79-60(76-57)87(54-44-69(15,16)83(27)70(17,18)45-54)39-36-32-33-37-41-89(56-48-73(23,24)85(29)74(25,26)49-56)62-78-58(82-68(13,14)51-64(4,5)6)77-61(80-62)88(55-46-71(19,20)84(28)72(21,22)47-55)40-35-31-30-34-38-86(59)53-42-65(7,8)52-66(9,10)43-53/h53-56H,30-52H2,1-29H3,(H,75,76,79,81)(H,77,78,80,82). The van der Waals surface area contributed by atoms with Crippen molar-refractivity contribution in [2.45, 2.75) is 370 Å². The van der Waals surface area contributed by atoms with Crippen molar-refractivity contribution in [2.24, 2.45) is 21.7 Å². The lowest BCUT2D eigenvalue weighted by molar-refractivity contribution is -0.0134. The molecule has 4 bridgehead atoms. The van der Waals surface area contributed by atoms with Crippen LogP contribution in [0, 0.1) is 21.7 Å². The molecule has 15 heteroatoms. The minimum Gasteiger partial charge on any atom is -0.349 e. The summed E-state index contributed by atoms with van der Waals surface area (Å²) in [5.74, 6) is 4.76. The fraction of sp³-hybridized carbons (Fsp3) is 0.919. The molecule has 7 rings (SSSR count). The van der Waals surface area contributed by atoms with Crippen molar-refractivity contribution >= 4 is 35.7 Å². The van der Waals surface area contributed by atoms with Crippen molar-refractivity contribution in [3.63, 3.8) is 0 Å². The van der Waals surface area contributed by atoms with Gasteiger partial charge in [0.25, 0.3) is 0 Å². The highest BCUT2D eigenvalue weighted by atomic mass is 15.4. The molecule has 4 aliphatic heterocycles. The molecule has 5 aliphatic rings. The number of hydrogen-bond acceptors (Lipinski definition) is 15. The molecule has 0 spiro atoms. The van der Waals surface area contributed by atoms with E-state index in [2.05, 4.69) is 246 Å². The second-order valence-electron chi connectivity index (χ2n) is 38.9. The smallest absolute Gasteiger partial charge is 0.232 e. The molecule has 3 saturated heterocycles. The van der Waals surface area contributed by atoms with Crippen molar-refractivity contribution < 1.29 is 0 Å². The molecular weight excluding hydrogens is 1100 g/mol. The van der Waals surface area contributed by atoms with Crippen LogP contribution in [0.4, 0.5) is 35.7 Å². The molecule has 4 fully saturated rings. The van der Waals surface area contributed by atoms with E-state index < -0.39 is 0 Å². The van der Waals surface area contributed by atoms with Crippen LogP contribution in [0.15, 0.2) is 0 Å². The highest BCUT2D eigenvalue weighted by molar-refractivity contribution is 5.50. The number of nitrogens with one attached hydrogen (secondary N) is 2. The number of fused-ring (bicyclic) bond motifs is 4. The summed E-state index contributed by atoms with van der Waals surface area (Å²) in [7, 11) is 7.00. The summed E-state index contributed by atoms with van der Waals surface area (Å²) in [4.78, 5) is 52.7. The first-order valence-corrected chi connectivity index (χ1v) is 35.8. The maximum atomic E-state index is 5.85. The number of rotatable bonds is 10. The van der Waals surface area contributed by atoms with E-state index in [-0.39, 0.29) is 84.1 Å². The van der Waals surface area contributed by atoms with E-state index in [0.29, 0.717) is 17.9 Å². The molecule has 0 aromatic carbocycles. The van der Waals surface area contributed by atoms with E-state index >= 15 is 0 Å². The molecule has 89 heavy (non-hydrogen) atoms. The molecule has 2 aromatic heterocycles. The maximum absolute atomic E-state index is 5.85. The molecule has 6 heterocycles. The summed E-state index contributed by atoms with van der Waals surface area (Å²) < 4.78 is 0. The van der Waals surface area contributed by atoms with Crippen molar-refractivity contribution in [3.05, 3.63) is 0 Å². The van der Waals surface area contributed by atoms with Crippen LogP contribution in [0.2, 0.25) is 0 Å². The summed E-state index contributed by atoms with van der Waals surface area (Å²) in [6.45, 7) is 66.3. The molecule has 2 N–H and O–H groups in total. The Balaban J connectivity index is 1.39. The average Bonchev–Trinajstić information content (AvgIpc) is 0.794. The topological polar surface area (TPSA) is 124 Å². The molecule has 0 atom stereocenters. The van der Waals surface area contributed by atoms with Gasteiger partial charge in [-0.3, -0.25) is 14.7 Å². The fourth-order valence-electron chi connectivity index (χ4n) is 18.9. The van der Waals surface area contributed by atoms with Crippen LogP contribution in [-0.4, -0.2) is 160 Å². The number of piperidine rings is 3. The predicted molar refractivity (Wildman–Crippen MR) is 382 cm³/mol. The Bertz CT molecular complexity index is 2580. The molecular formula is C74H139N15. The summed E-state index contributed by atoms with van der Waals surface area (Å²) >= 11 is 0. The van der Waals surface area contributed by atoms with Crippen molar-refractivity contribution in [1.82, 2.24) is 44.6 Å². The molecule has 510 valence electrons. The van der Waals surface area contributed by atoms with Gasteiger partial charge in [0.15, 0.2) is 0 Å². The Morgan fingerprint density at radius 1 is 0.326 bits per heavy atom. The zero-order valence-corrected chi connectivity index (χ0v) is 63.4. The number of likely N-dealkylation sites (tertiary alicyclic amines) is 3. The second kappa shape index (κ2) is 26.1. The summed E-state index contributed by atoms with van der Waals surface area (Å²) in [6.07, 6.45) is 20.1. The lowest BCUT2D eigenvalue weighted by Crippen LogP contribution is -2.63. The quantitative estimate of drug-likeness (QED) is 0.234. The van der Waals surface area contributed by atoms with Crippen LogP contribution >= 0.6 is 0 Å². The lowest BCUT2D eigenvalue weighted by atomic mass is 9.63. The first kappa shape index (κ1) is 73.1. The Morgan fingerprint density at radius 3 is 0.753 bits per heavy atom. The van der Waals surface area contributed by atoms with E-state index in [1.165, 1.54) is 6.42 Å². The summed E-state index contributed by atoms with van der Waals surface area (Å²) in [5.41, 5.74) is -0.0537. The van der Waals surface area contributed by atoms with Gasteiger partial charge >= 0.3 is 0 Å². The Kier molecular flexibility index (Phi) is 21.5. The minimum atomic E-state index is -0.257. The van der Waals surface area contributed by atoms with Gasteiger partial charge < -0.3 is 30.2 Å². The van der Waals surface area contributed by atoms with Gasteiger partial charge in [-0.15, -0.1) is 0 Å². The van der Waals surface area contributed by atoms with Crippen LogP contribution in [0.25, 0.3) is 0 Å². The lowest BCUT2D eigenvalue weighted by Gasteiger charge is -2.56. The number of hydrogen-bond donors (Lipinski definition) is 2. The van der Waals surface area contributed by atoms with Gasteiger partial charge in [0, 0.05) is 94.7 Å². The van der Waals surface area contributed by atoms with E-state index in [1.807, 2.05) is 0 Å². The van der Waals surface area contributed by atoms with Crippen molar-refractivity contribution in [2.75, 3.05) is 77.6 Å². The highest BCUT2D eigenvalue weighted by Crippen LogP contribution is 2.49. The third kappa shape index (κ3) is 19.0. The zero-order valence-electron chi connectivity index (χ0n) is 63.4. The zero-order chi connectivity index (χ0) is 66.7. The number of anilines is 6. The van der Waals surface area contributed by atoms with Crippen LogP contribution < -0.4 is 30.2 Å². The SMILES string of the molecule is CN1C(C)(C)CC(N2CCCCCCN(C3CC(C)(C)N(C)C(C)(C)C3)c3nc(NC(C)(C)CC(C)(C)C)nc(n3)N(C3CC(C)(C)N(C)C(C)(C)C3)CCCCCCN(C3CC(C)(C)CC(C)(C)C3)c3nc(NC(C)(C)CC(C)(C)C)nc2n3)CC1(C)C. The molecule has 1 saturated carbocycles. The molecule has 2 aromatic rings. The van der Waals surface area contributed by atoms with Crippen molar-refractivity contribution in [1.29, 1.82) is 0 Å². The third-order valence-corrected chi connectivity index (χ3v) is 22.3. The summed E-state index contributed by atoms with van der Waals surface area (Å²) in [6, 6.07) is 1.04. The van der Waals surface area contributed by atoms with E-state index in [9.17, 15) is 0 Å². The molecule has 0 radical (unpaired) electrons. The number of aromatic nitrogens is 6. The van der Waals surface area contributed by atoms with Crippen LogP contribution in [-0.2, 0) is 0 Å². The van der Waals surface area contributed by atoms with Gasteiger partial charge in [0.1, 0.15) is 0 Å². The predicted octanol–water partition coefficient (Wildman–Crippen LogP) is 16.9. The van der Waals surface area contributed by atoms with Crippen LogP contribution in [0.3, 0.4) is 0 Å². The van der Waals surface area contributed by atoms with Gasteiger partial charge in [-0.25, -0.2) is 0 Å². The molecule has 0 amide bonds. The fourth-order valence-corrected chi connectivity index (χ4v) is 18.9. The molecule has 0 unspecified atom stereocenters. The van der Waals surface area contributed by atoms with Gasteiger partial charge in [-0.2, -0.15) is 29.9 Å². The Labute approximate surface area is 547 Å². The van der Waals surface area contributed by atoms with Crippen LogP contribution in [0.5, 0.6) is 0 Å². The Morgan fingerprint density at radius 2 is 0.539 bits per heavy atom. The van der Waals surface area contributed by atoms with Crippen LogP contribution in [0.1, 0.15) is 302 Å². The normalized spacial score (nSPS) is 25.5.